The van der Waals surface area contributed by atoms with E-state index in [9.17, 15) is 9.18 Å². The minimum atomic E-state index is -0.367. The number of anilines is 1. The molecule has 2 aromatic carbocycles. The summed E-state index contributed by atoms with van der Waals surface area (Å²) >= 11 is 0. The van der Waals surface area contributed by atoms with Crippen LogP contribution >= 0.6 is 0 Å². The second-order valence-electron chi connectivity index (χ2n) is 6.92. The lowest BCUT2D eigenvalue weighted by atomic mass is 10.1. The van der Waals surface area contributed by atoms with E-state index >= 15 is 0 Å². The summed E-state index contributed by atoms with van der Waals surface area (Å²) in [6.45, 7) is 2.05. The Balaban J connectivity index is 1.56. The molecule has 4 aromatic rings. The van der Waals surface area contributed by atoms with Gasteiger partial charge in [-0.2, -0.15) is 0 Å². The van der Waals surface area contributed by atoms with Gasteiger partial charge in [0.1, 0.15) is 12.4 Å². The molecule has 0 saturated carbocycles. The molecule has 0 saturated heterocycles. The summed E-state index contributed by atoms with van der Waals surface area (Å²) in [5.41, 5.74) is 2.94. The number of methoxy groups -OCH3 is 1. The number of carbonyl (C=O) groups excluding carboxylic acids is 1. The summed E-state index contributed by atoms with van der Waals surface area (Å²) in [4.78, 5) is 21.2. The molecule has 0 aliphatic carbocycles. The smallest absolute Gasteiger partial charge is 0.257 e. The Morgan fingerprint density at radius 3 is 2.61 bits per heavy atom. The quantitative estimate of drug-likeness (QED) is 0.482. The molecule has 0 atom stereocenters. The highest BCUT2D eigenvalue weighted by atomic mass is 19.1. The summed E-state index contributed by atoms with van der Waals surface area (Å²) < 4.78 is 24.7. The van der Waals surface area contributed by atoms with Crippen LogP contribution < -0.4 is 14.8 Å². The van der Waals surface area contributed by atoms with Crippen molar-refractivity contribution in [3.05, 3.63) is 89.6 Å². The van der Waals surface area contributed by atoms with Crippen molar-refractivity contribution >= 4 is 22.5 Å². The molecule has 2 aromatic heterocycles. The Bertz CT molecular complexity index is 1250. The predicted octanol–water partition coefficient (Wildman–Crippen LogP) is 4.92. The topological polar surface area (TPSA) is 73.3 Å². The molecule has 0 spiro atoms. The molecular formula is C24H20FN3O3. The van der Waals surface area contributed by atoms with Gasteiger partial charge >= 0.3 is 0 Å². The number of nitrogens with zero attached hydrogens (tertiary/aromatic N) is 2. The lowest BCUT2D eigenvalue weighted by molar-refractivity contribution is 0.102. The average molecular weight is 417 g/mol. The summed E-state index contributed by atoms with van der Waals surface area (Å²) in [7, 11) is 1.56. The number of halogens is 1. The molecule has 2 heterocycles. The number of aryl methyl sites for hydroxylation is 1. The van der Waals surface area contributed by atoms with Crippen LogP contribution in [0.4, 0.5) is 10.1 Å². The molecular weight excluding hydrogens is 397 g/mol. The van der Waals surface area contributed by atoms with Crippen molar-refractivity contribution in [2.24, 2.45) is 0 Å². The highest BCUT2D eigenvalue weighted by Crippen LogP contribution is 2.31. The number of aromatic nitrogens is 2. The van der Waals surface area contributed by atoms with Gasteiger partial charge in [-0.15, -0.1) is 0 Å². The first-order chi connectivity index (χ1) is 15.0. The molecule has 0 radical (unpaired) electrons. The minimum absolute atomic E-state index is 0.318. The van der Waals surface area contributed by atoms with Gasteiger partial charge in [0, 0.05) is 35.6 Å². The van der Waals surface area contributed by atoms with Crippen molar-refractivity contribution in [3.63, 3.8) is 0 Å². The first-order valence-corrected chi connectivity index (χ1v) is 9.61. The maximum absolute atomic E-state index is 13.4. The van der Waals surface area contributed by atoms with Crippen LogP contribution in [0.3, 0.4) is 0 Å². The maximum Gasteiger partial charge on any atom is 0.257 e. The molecule has 0 unspecified atom stereocenters. The van der Waals surface area contributed by atoms with E-state index in [1.54, 1.807) is 56.8 Å². The van der Waals surface area contributed by atoms with E-state index < -0.39 is 0 Å². The van der Waals surface area contributed by atoms with Gasteiger partial charge in [-0.25, -0.2) is 4.39 Å². The largest absolute Gasteiger partial charge is 0.493 e. The maximum atomic E-state index is 13.4. The molecule has 0 aliphatic heterocycles. The van der Waals surface area contributed by atoms with E-state index in [2.05, 4.69) is 15.3 Å². The zero-order valence-corrected chi connectivity index (χ0v) is 17.1. The lowest BCUT2D eigenvalue weighted by Gasteiger charge is -2.14. The van der Waals surface area contributed by atoms with Gasteiger partial charge < -0.3 is 14.8 Å². The van der Waals surface area contributed by atoms with Crippen LogP contribution in [0.25, 0.3) is 10.9 Å². The number of benzene rings is 2. The van der Waals surface area contributed by atoms with Crippen LogP contribution in [-0.4, -0.2) is 23.0 Å². The van der Waals surface area contributed by atoms with Gasteiger partial charge in [0.05, 0.1) is 23.9 Å². The molecule has 156 valence electrons. The van der Waals surface area contributed by atoms with Crippen LogP contribution in [0, 0.1) is 12.7 Å². The standard InChI is InChI=1S/C24H20FN3O3/c1-15-20(11-17-3-4-18(25)12-21(17)27-15)24(29)28-19-5-6-22(30-2)23(13-19)31-14-16-7-9-26-10-8-16/h3-13H,14H2,1-2H3,(H,28,29). The first-order valence-electron chi connectivity index (χ1n) is 9.61. The zero-order chi connectivity index (χ0) is 21.8. The number of fused-ring (bicyclic) bond motifs is 1. The Hall–Kier alpha value is -4.00. The molecule has 7 heteroatoms. The van der Waals surface area contributed by atoms with E-state index in [1.165, 1.54) is 12.1 Å². The van der Waals surface area contributed by atoms with Crippen LogP contribution in [-0.2, 0) is 6.61 Å². The highest BCUT2D eigenvalue weighted by Gasteiger charge is 2.14. The van der Waals surface area contributed by atoms with Gasteiger partial charge in [0.25, 0.3) is 5.91 Å². The molecule has 31 heavy (non-hydrogen) atoms. The van der Waals surface area contributed by atoms with Crippen molar-refractivity contribution in [2.45, 2.75) is 13.5 Å². The Morgan fingerprint density at radius 1 is 1.03 bits per heavy atom. The molecule has 0 bridgehead atoms. The van der Waals surface area contributed by atoms with Gasteiger partial charge in [0.15, 0.2) is 11.5 Å². The number of hydrogen-bond acceptors (Lipinski definition) is 5. The molecule has 4 rings (SSSR count). The first kappa shape index (κ1) is 20.3. The van der Waals surface area contributed by atoms with Gasteiger partial charge in [-0.05, 0) is 55.0 Å². The summed E-state index contributed by atoms with van der Waals surface area (Å²) in [5.74, 6) is 0.370. The average Bonchev–Trinajstić information content (AvgIpc) is 2.78. The van der Waals surface area contributed by atoms with Crippen LogP contribution in [0.15, 0.2) is 67.0 Å². The fraction of sp³-hybridized carbons (Fsp3) is 0.125. The van der Waals surface area contributed by atoms with Crippen molar-refractivity contribution in [2.75, 3.05) is 12.4 Å². The number of ether oxygens (including phenoxy) is 2. The second-order valence-corrected chi connectivity index (χ2v) is 6.92. The number of pyridine rings is 2. The summed E-state index contributed by atoms with van der Waals surface area (Å²) in [6.07, 6.45) is 3.39. The lowest BCUT2D eigenvalue weighted by Crippen LogP contribution is -2.14. The number of amides is 1. The third-order valence-electron chi connectivity index (χ3n) is 4.78. The Morgan fingerprint density at radius 2 is 1.84 bits per heavy atom. The SMILES string of the molecule is COc1ccc(NC(=O)c2cc3ccc(F)cc3nc2C)cc1OCc1ccncc1. The molecule has 0 fully saturated rings. The fourth-order valence-electron chi connectivity index (χ4n) is 3.17. The predicted molar refractivity (Wildman–Crippen MR) is 116 cm³/mol. The van der Waals surface area contributed by atoms with Crippen LogP contribution in [0.5, 0.6) is 11.5 Å². The highest BCUT2D eigenvalue weighted by molar-refractivity contribution is 6.06. The summed E-state index contributed by atoms with van der Waals surface area (Å²) in [5, 5.41) is 3.55. The van der Waals surface area contributed by atoms with Crippen molar-refractivity contribution in [1.29, 1.82) is 0 Å². The van der Waals surface area contributed by atoms with Crippen LogP contribution in [0.2, 0.25) is 0 Å². The van der Waals surface area contributed by atoms with Gasteiger partial charge in [0.2, 0.25) is 0 Å². The zero-order valence-electron chi connectivity index (χ0n) is 17.1. The summed E-state index contributed by atoms with van der Waals surface area (Å²) in [6, 6.07) is 14.9. The Kier molecular flexibility index (Phi) is 5.75. The third kappa shape index (κ3) is 4.61. The molecule has 1 N–H and O–H groups in total. The number of rotatable bonds is 6. The number of carbonyl (C=O) groups is 1. The van der Waals surface area contributed by atoms with Crippen molar-refractivity contribution in [1.82, 2.24) is 9.97 Å². The minimum Gasteiger partial charge on any atom is -0.493 e. The normalized spacial score (nSPS) is 10.7. The number of hydrogen-bond donors (Lipinski definition) is 1. The van der Waals surface area contributed by atoms with E-state index in [4.69, 9.17) is 9.47 Å². The molecule has 6 nitrogen and oxygen atoms in total. The molecule has 0 aliphatic rings. The number of nitrogens with one attached hydrogen (secondary N) is 1. The van der Waals surface area contributed by atoms with E-state index in [1.807, 2.05) is 12.1 Å². The van der Waals surface area contributed by atoms with Crippen molar-refractivity contribution < 1.29 is 18.7 Å². The van der Waals surface area contributed by atoms with E-state index in [0.717, 1.165) is 5.56 Å². The Labute approximate surface area is 178 Å². The second kappa shape index (κ2) is 8.79. The van der Waals surface area contributed by atoms with E-state index in [-0.39, 0.29) is 11.7 Å². The van der Waals surface area contributed by atoms with Crippen molar-refractivity contribution in [3.8, 4) is 11.5 Å². The van der Waals surface area contributed by atoms with Gasteiger partial charge in [-0.1, -0.05) is 0 Å². The fourth-order valence-corrected chi connectivity index (χ4v) is 3.17. The monoisotopic (exact) mass is 417 g/mol. The van der Waals surface area contributed by atoms with Gasteiger partial charge in [-0.3, -0.25) is 14.8 Å². The van der Waals surface area contributed by atoms with Crippen LogP contribution in [0.1, 0.15) is 21.6 Å². The van der Waals surface area contributed by atoms with E-state index in [0.29, 0.717) is 46.0 Å². The third-order valence-corrected chi connectivity index (χ3v) is 4.78. The molecule has 1 amide bonds.